The van der Waals surface area contributed by atoms with E-state index in [0.717, 1.165) is 13.0 Å². The molecule has 2 aliphatic heterocycles. The van der Waals surface area contributed by atoms with Crippen molar-refractivity contribution >= 4 is 6.09 Å². The maximum Gasteiger partial charge on any atom is 0.411 e. The van der Waals surface area contributed by atoms with Crippen LogP contribution in [-0.2, 0) is 4.74 Å². The quantitative estimate of drug-likeness (QED) is 0.766. The molecule has 2 bridgehead atoms. The van der Waals surface area contributed by atoms with Gasteiger partial charge in [-0.2, -0.15) is 0 Å². The van der Waals surface area contributed by atoms with Crippen molar-refractivity contribution in [3.8, 4) is 0 Å². The Kier molecular flexibility index (Phi) is 2.49. The van der Waals surface area contributed by atoms with Gasteiger partial charge in [-0.05, 0) is 40.0 Å². The van der Waals surface area contributed by atoms with E-state index in [1.54, 1.807) is 11.8 Å². The Morgan fingerprint density at radius 3 is 2.94 bits per heavy atom. The SMILES string of the molecule is [2H]C([2H])(C)[C@@]12CC[C@@H](CNC1)N2C(=O)OC(C)(C)C. The lowest BCUT2D eigenvalue weighted by atomic mass is 9.93. The molecule has 0 aromatic carbocycles. The molecule has 2 saturated heterocycles. The number of nitrogens with one attached hydrogen (secondary N) is 1. The van der Waals surface area contributed by atoms with E-state index in [-0.39, 0.29) is 12.1 Å². The van der Waals surface area contributed by atoms with Crippen LogP contribution < -0.4 is 5.32 Å². The molecule has 98 valence electrons. The van der Waals surface area contributed by atoms with Crippen LogP contribution in [0, 0.1) is 0 Å². The van der Waals surface area contributed by atoms with E-state index in [0.29, 0.717) is 13.0 Å². The summed E-state index contributed by atoms with van der Waals surface area (Å²) >= 11 is 0. The predicted octanol–water partition coefficient (Wildman–Crippen LogP) is 2.14. The van der Waals surface area contributed by atoms with Gasteiger partial charge in [0.25, 0.3) is 0 Å². The van der Waals surface area contributed by atoms with E-state index in [1.807, 2.05) is 20.8 Å². The summed E-state index contributed by atoms with van der Waals surface area (Å²) in [5, 5.41) is 3.25. The van der Waals surface area contributed by atoms with Crippen molar-refractivity contribution in [2.75, 3.05) is 13.1 Å². The molecule has 1 N–H and O–H groups in total. The van der Waals surface area contributed by atoms with Crippen molar-refractivity contribution in [2.24, 2.45) is 0 Å². The highest BCUT2D eigenvalue weighted by Crippen LogP contribution is 2.39. The number of piperazine rings is 1. The van der Waals surface area contributed by atoms with Gasteiger partial charge in [0.05, 0.1) is 5.54 Å². The van der Waals surface area contributed by atoms with Crippen LogP contribution in [0.25, 0.3) is 0 Å². The second kappa shape index (κ2) is 4.16. The molecule has 0 aliphatic carbocycles. The van der Waals surface area contributed by atoms with Crippen LogP contribution in [-0.4, -0.2) is 41.3 Å². The first-order chi connectivity index (χ1) is 8.57. The molecule has 2 rings (SSSR count). The zero-order valence-electron chi connectivity index (χ0n) is 13.2. The molecular weight excluding hydrogens is 216 g/mol. The lowest BCUT2D eigenvalue weighted by Crippen LogP contribution is -2.62. The summed E-state index contributed by atoms with van der Waals surface area (Å²) in [6, 6.07) is 0.0404. The fourth-order valence-corrected chi connectivity index (χ4v) is 2.79. The largest absolute Gasteiger partial charge is 0.444 e. The van der Waals surface area contributed by atoms with Gasteiger partial charge in [-0.15, -0.1) is 0 Å². The summed E-state index contributed by atoms with van der Waals surface area (Å²) < 4.78 is 21.7. The molecule has 0 saturated carbocycles. The predicted molar refractivity (Wildman–Crippen MR) is 67.0 cm³/mol. The zero-order chi connectivity index (χ0) is 14.5. The van der Waals surface area contributed by atoms with Crippen LogP contribution in [0.1, 0.15) is 49.7 Å². The summed E-state index contributed by atoms with van der Waals surface area (Å²) in [4.78, 5) is 14.1. The first kappa shape index (κ1) is 10.2. The highest BCUT2D eigenvalue weighted by Gasteiger charge is 2.51. The molecule has 17 heavy (non-hydrogen) atoms. The molecular formula is C13H24N2O2. The maximum atomic E-state index is 12.4. The molecule has 2 fully saturated rings. The number of nitrogens with zero attached hydrogens (tertiary/aromatic N) is 1. The van der Waals surface area contributed by atoms with Gasteiger partial charge in [-0.25, -0.2) is 4.79 Å². The highest BCUT2D eigenvalue weighted by atomic mass is 16.6. The molecule has 0 aromatic heterocycles. The minimum absolute atomic E-state index is 0.0404. The third kappa shape index (κ3) is 2.28. The van der Waals surface area contributed by atoms with Crippen molar-refractivity contribution in [3.63, 3.8) is 0 Å². The van der Waals surface area contributed by atoms with Crippen LogP contribution in [0.5, 0.6) is 0 Å². The van der Waals surface area contributed by atoms with Gasteiger partial charge in [-0.1, -0.05) is 6.92 Å². The Balaban J connectivity index is 2.29. The average molecular weight is 242 g/mol. The molecule has 0 spiro atoms. The standard InChI is InChI=1S/C13H24N2O2/c1-5-13-7-6-10(8-14-9-13)15(13)11(16)17-12(2,3)4/h10,14H,5-9H2,1-4H3/t10-,13+/m0/s1/i5D2. The van der Waals surface area contributed by atoms with Crippen LogP contribution in [0.3, 0.4) is 0 Å². The summed E-state index contributed by atoms with van der Waals surface area (Å²) in [7, 11) is 0. The van der Waals surface area contributed by atoms with Gasteiger partial charge in [0, 0.05) is 21.9 Å². The number of amides is 1. The summed E-state index contributed by atoms with van der Waals surface area (Å²) in [6.45, 7) is 8.27. The first-order valence-electron chi connectivity index (χ1n) is 7.30. The average Bonchev–Trinajstić information content (AvgIpc) is 2.44. The zero-order valence-corrected chi connectivity index (χ0v) is 11.2. The number of fused-ring (bicyclic) bond motifs is 2. The van der Waals surface area contributed by atoms with Gasteiger partial charge in [0.1, 0.15) is 5.60 Å². The summed E-state index contributed by atoms with van der Waals surface area (Å²) in [5.41, 5.74) is -1.33. The summed E-state index contributed by atoms with van der Waals surface area (Å²) in [6.07, 6.45) is -0.318. The molecule has 2 atom stereocenters. The number of rotatable bonds is 1. The minimum atomic E-state index is -1.45. The van der Waals surface area contributed by atoms with E-state index in [2.05, 4.69) is 5.32 Å². The van der Waals surface area contributed by atoms with Crippen molar-refractivity contribution in [2.45, 2.75) is 64.1 Å². The Bertz CT molecular complexity index is 372. The molecule has 4 nitrogen and oxygen atoms in total. The van der Waals surface area contributed by atoms with Crippen molar-refractivity contribution < 1.29 is 12.3 Å². The number of ether oxygens (including phenoxy) is 1. The molecule has 0 radical (unpaired) electrons. The lowest BCUT2D eigenvalue weighted by molar-refractivity contribution is -0.0110. The Labute approximate surface area is 107 Å². The molecule has 0 unspecified atom stereocenters. The Hall–Kier alpha value is -0.770. The number of hydrogen-bond donors (Lipinski definition) is 1. The first-order valence-corrected chi connectivity index (χ1v) is 6.30. The van der Waals surface area contributed by atoms with Gasteiger partial charge in [0.15, 0.2) is 0 Å². The van der Waals surface area contributed by atoms with E-state index in [9.17, 15) is 4.79 Å². The fraction of sp³-hybridized carbons (Fsp3) is 0.923. The normalized spacial score (nSPS) is 35.3. The van der Waals surface area contributed by atoms with Gasteiger partial charge in [-0.3, -0.25) is 4.90 Å². The monoisotopic (exact) mass is 242 g/mol. The number of carbonyl (C=O) groups is 1. The van der Waals surface area contributed by atoms with Crippen molar-refractivity contribution in [1.82, 2.24) is 10.2 Å². The minimum Gasteiger partial charge on any atom is -0.444 e. The van der Waals surface area contributed by atoms with Crippen LogP contribution in [0.4, 0.5) is 4.79 Å². The highest BCUT2D eigenvalue weighted by molar-refractivity contribution is 5.70. The second-order valence-electron chi connectivity index (χ2n) is 5.96. The second-order valence-corrected chi connectivity index (χ2v) is 5.96. The van der Waals surface area contributed by atoms with Crippen molar-refractivity contribution in [1.29, 1.82) is 0 Å². The lowest BCUT2D eigenvalue weighted by Gasteiger charge is -2.44. The summed E-state index contributed by atoms with van der Waals surface area (Å²) in [5.74, 6) is 0. The topological polar surface area (TPSA) is 41.6 Å². The molecule has 0 aromatic rings. The van der Waals surface area contributed by atoms with Crippen LogP contribution >= 0.6 is 0 Å². The van der Waals surface area contributed by atoms with Crippen LogP contribution in [0.15, 0.2) is 0 Å². The maximum absolute atomic E-state index is 12.4. The number of hydrogen-bond acceptors (Lipinski definition) is 3. The molecule has 4 heteroatoms. The van der Waals surface area contributed by atoms with Gasteiger partial charge >= 0.3 is 6.09 Å². The smallest absolute Gasteiger partial charge is 0.411 e. The fourth-order valence-electron chi connectivity index (χ4n) is 2.79. The Morgan fingerprint density at radius 1 is 1.65 bits per heavy atom. The van der Waals surface area contributed by atoms with Gasteiger partial charge in [0.2, 0.25) is 0 Å². The Morgan fingerprint density at radius 2 is 2.35 bits per heavy atom. The van der Waals surface area contributed by atoms with E-state index in [1.165, 1.54) is 0 Å². The third-order valence-electron chi connectivity index (χ3n) is 3.57. The van der Waals surface area contributed by atoms with Gasteiger partial charge < -0.3 is 10.1 Å². The van der Waals surface area contributed by atoms with Crippen molar-refractivity contribution in [3.05, 3.63) is 0 Å². The van der Waals surface area contributed by atoms with E-state index in [4.69, 9.17) is 7.48 Å². The van der Waals surface area contributed by atoms with E-state index < -0.39 is 17.5 Å². The molecule has 2 aliphatic rings. The molecule has 1 amide bonds. The number of carbonyl (C=O) groups excluding carboxylic acids is 1. The molecule has 2 heterocycles. The third-order valence-corrected chi connectivity index (χ3v) is 3.57. The van der Waals surface area contributed by atoms with Crippen LogP contribution in [0.2, 0.25) is 0 Å². The van der Waals surface area contributed by atoms with E-state index >= 15 is 0 Å².